The van der Waals surface area contributed by atoms with E-state index < -0.39 is 23.7 Å². The highest BCUT2D eigenvalue weighted by Crippen LogP contribution is 2.16. The molecular weight excluding hydrogens is 295 g/mol. The lowest BCUT2D eigenvalue weighted by atomic mass is 9.96. The third kappa shape index (κ3) is 4.16. The number of carbonyl (C=O) groups is 2. The topological polar surface area (TPSA) is 72.2 Å². The molecule has 2 rings (SSSR count). The molecule has 0 aliphatic heterocycles. The Morgan fingerprint density at radius 1 is 1.13 bits per heavy atom. The Balaban J connectivity index is 2.19. The van der Waals surface area contributed by atoms with Crippen molar-refractivity contribution in [3.8, 4) is 0 Å². The molecule has 0 radical (unpaired) electrons. The van der Waals surface area contributed by atoms with E-state index in [1.54, 1.807) is 0 Å². The Hall–Kier alpha value is -2.69. The van der Waals surface area contributed by atoms with Gasteiger partial charge in [-0.2, -0.15) is 0 Å². The molecule has 0 heterocycles. The summed E-state index contributed by atoms with van der Waals surface area (Å²) in [6.45, 7) is 3.88. The number of primary amides is 1. The van der Waals surface area contributed by atoms with Crippen molar-refractivity contribution in [1.82, 2.24) is 5.32 Å². The molecule has 4 nitrogen and oxygen atoms in total. The molecule has 1 atom stereocenters. The minimum absolute atomic E-state index is 0.151. The lowest BCUT2D eigenvalue weighted by Gasteiger charge is -2.18. The van der Waals surface area contributed by atoms with Crippen LogP contribution in [0.3, 0.4) is 0 Å². The first kappa shape index (κ1) is 16.7. The summed E-state index contributed by atoms with van der Waals surface area (Å²) in [7, 11) is 0. The Morgan fingerprint density at radius 3 is 2.30 bits per heavy atom. The van der Waals surface area contributed by atoms with Gasteiger partial charge in [0.05, 0.1) is 0 Å². The SMILES string of the molecule is Cc1cccc(C)c1C[C@@H](NC(=O)c1cccc(F)c1)C(N)=O. The average Bonchev–Trinajstić information content (AvgIpc) is 2.49. The van der Waals surface area contributed by atoms with Crippen molar-refractivity contribution in [3.05, 3.63) is 70.5 Å². The number of hydrogen-bond acceptors (Lipinski definition) is 2. The number of nitrogens with two attached hydrogens (primary N) is 1. The summed E-state index contributed by atoms with van der Waals surface area (Å²) < 4.78 is 13.2. The van der Waals surface area contributed by atoms with Gasteiger partial charge in [0, 0.05) is 12.0 Å². The van der Waals surface area contributed by atoms with Gasteiger partial charge in [-0.1, -0.05) is 24.3 Å². The van der Waals surface area contributed by atoms with Gasteiger partial charge in [-0.25, -0.2) is 4.39 Å². The molecular formula is C18H19FN2O2. The number of halogens is 1. The summed E-state index contributed by atoms with van der Waals surface area (Å²) in [5.74, 6) is -1.67. The van der Waals surface area contributed by atoms with Crippen LogP contribution in [0.5, 0.6) is 0 Å². The Bertz CT molecular complexity index is 723. The van der Waals surface area contributed by atoms with Crippen molar-refractivity contribution in [2.24, 2.45) is 5.73 Å². The zero-order valence-corrected chi connectivity index (χ0v) is 13.1. The van der Waals surface area contributed by atoms with E-state index in [1.165, 1.54) is 18.2 Å². The smallest absolute Gasteiger partial charge is 0.252 e. The minimum Gasteiger partial charge on any atom is -0.368 e. The second-order valence-corrected chi connectivity index (χ2v) is 5.51. The molecule has 0 saturated heterocycles. The van der Waals surface area contributed by atoms with E-state index >= 15 is 0 Å². The Labute approximate surface area is 134 Å². The van der Waals surface area contributed by atoms with E-state index in [2.05, 4.69) is 5.32 Å². The first-order chi connectivity index (χ1) is 10.9. The molecule has 0 aliphatic carbocycles. The van der Waals surface area contributed by atoms with Crippen LogP contribution in [-0.4, -0.2) is 17.9 Å². The molecule has 0 fully saturated rings. The van der Waals surface area contributed by atoms with Gasteiger partial charge < -0.3 is 11.1 Å². The molecule has 0 bridgehead atoms. The number of hydrogen-bond donors (Lipinski definition) is 2. The Morgan fingerprint density at radius 2 is 1.74 bits per heavy atom. The van der Waals surface area contributed by atoms with Gasteiger partial charge in [0.15, 0.2) is 0 Å². The largest absolute Gasteiger partial charge is 0.368 e. The van der Waals surface area contributed by atoms with Crippen LogP contribution in [0.15, 0.2) is 42.5 Å². The van der Waals surface area contributed by atoms with Crippen molar-refractivity contribution in [1.29, 1.82) is 0 Å². The molecule has 0 aromatic heterocycles. The van der Waals surface area contributed by atoms with Crippen molar-refractivity contribution in [2.75, 3.05) is 0 Å². The van der Waals surface area contributed by atoms with E-state index in [0.717, 1.165) is 22.8 Å². The third-order valence-corrected chi connectivity index (χ3v) is 3.79. The molecule has 0 spiro atoms. The van der Waals surface area contributed by atoms with Crippen LogP contribution < -0.4 is 11.1 Å². The number of carbonyl (C=O) groups excluding carboxylic acids is 2. The predicted octanol–water partition coefficient (Wildman–Crippen LogP) is 2.27. The van der Waals surface area contributed by atoms with E-state index in [4.69, 9.17) is 5.73 Å². The summed E-state index contributed by atoms with van der Waals surface area (Å²) in [5, 5.41) is 2.58. The molecule has 2 aromatic carbocycles. The molecule has 0 aliphatic rings. The zero-order chi connectivity index (χ0) is 17.0. The zero-order valence-electron chi connectivity index (χ0n) is 13.1. The highest BCUT2D eigenvalue weighted by atomic mass is 19.1. The molecule has 0 saturated carbocycles. The van der Waals surface area contributed by atoms with Crippen LogP contribution in [0.2, 0.25) is 0 Å². The normalized spacial score (nSPS) is 11.8. The van der Waals surface area contributed by atoms with Gasteiger partial charge in [-0.05, 0) is 48.7 Å². The van der Waals surface area contributed by atoms with Gasteiger partial charge >= 0.3 is 0 Å². The third-order valence-electron chi connectivity index (χ3n) is 3.79. The minimum atomic E-state index is -0.856. The van der Waals surface area contributed by atoms with E-state index in [1.807, 2.05) is 32.0 Å². The van der Waals surface area contributed by atoms with Crippen molar-refractivity contribution in [2.45, 2.75) is 26.3 Å². The molecule has 2 amide bonds. The highest BCUT2D eigenvalue weighted by Gasteiger charge is 2.21. The molecule has 120 valence electrons. The molecule has 23 heavy (non-hydrogen) atoms. The van der Waals surface area contributed by atoms with E-state index in [0.29, 0.717) is 6.42 Å². The van der Waals surface area contributed by atoms with Crippen molar-refractivity contribution >= 4 is 11.8 Å². The van der Waals surface area contributed by atoms with Crippen molar-refractivity contribution < 1.29 is 14.0 Å². The van der Waals surface area contributed by atoms with Crippen LogP contribution >= 0.6 is 0 Å². The van der Waals surface area contributed by atoms with Gasteiger partial charge in [0.1, 0.15) is 11.9 Å². The lowest BCUT2D eigenvalue weighted by Crippen LogP contribution is -2.46. The number of rotatable bonds is 5. The number of benzene rings is 2. The fourth-order valence-corrected chi connectivity index (χ4v) is 2.47. The van der Waals surface area contributed by atoms with Gasteiger partial charge in [0.2, 0.25) is 5.91 Å². The monoisotopic (exact) mass is 314 g/mol. The van der Waals surface area contributed by atoms with Crippen LogP contribution in [0.1, 0.15) is 27.0 Å². The van der Waals surface area contributed by atoms with Crippen LogP contribution in [0.4, 0.5) is 4.39 Å². The maximum atomic E-state index is 13.2. The van der Waals surface area contributed by atoms with Gasteiger partial charge in [0.25, 0.3) is 5.91 Å². The summed E-state index contributed by atoms with van der Waals surface area (Å²) in [4.78, 5) is 23.9. The fraction of sp³-hybridized carbons (Fsp3) is 0.222. The maximum Gasteiger partial charge on any atom is 0.252 e. The molecule has 5 heteroatoms. The first-order valence-electron chi connectivity index (χ1n) is 7.29. The molecule has 3 N–H and O–H groups in total. The van der Waals surface area contributed by atoms with Gasteiger partial charge in [-0.15, -0.1) is 0 Å². The van der Waals surface area contributed by atoms with E-state index in [-0.39, 0.29) is 5.56 Å². The highest BCUT2D eigenvalue weighted by molar-refractivity contribution is 5.97. The van der Waals surface area contributed by atoms with E-state index in [9.17, 15) is 14.0 Å². The number of aryl methyl sites for hydroxylation is 2. The predicted molar refractivity (Wildman–Crippen MR) is 86.5 cm³/mol. The number of amides is 2. The van der Waals surface area contributed by atoms with Crippen molar-refractivity contribution in [3.63, 3.8) is 0 Å². The standard InChI is InChI=1S/C18H19FN2O2/c1-11-5-3-6-12(2)15(11)10-16(17(20)22)21-18(23)13-7-4-8-14(19)9-13/h3-9,16H,10H2,1-2H3,(H2,20,22)(H,21,23)/t16-/m1/s1. The second-order valence-electron chi connectivity index (χ2n) is 5.51. The molecule has 2 aromatic rings. The summed E-state index contributed by atoms with van der Waals surface area (Å²) in [6, 6.07) is 10.2. The summed E-state index contributed by atoms with van der Waals surface area (Å²) in [6.07, 6.45) is 0.300. The second kappa shape index (κ2) is 7.05. The average molecular weight is 314 g/mol. The van der Waals surface area contributed by atoms with Crippen LogP contribution in [0, 0.1) is 19.7 Å². The summed E-state index contributed by atoms with van der Waals surface area (Å²) >= 11 is 0. The quantitative estimate of drug-likeness (QED) is 0.888. The fourth-order valence-electron chi connectivity index (χ4n) is 2.47. The van der Waals surface area contributed by atoms with Gasteiger partial charge in [-0.3, -0.25) is 9.59 Å². The lowest BCUT2D eigenvalue weighted by molar-refractivity contribution is -0.119. The molecule has 0 unspecified atom stereocenters. The van der Waals surface area contributed by atoms with Crippen LogP contribution in [0.25, 0.3) is 0 Å². The van der Waals surface area contributed by atoms with Crippen LogP contribution in [-0.2, 0) is 11.2 Å². The first-order valence-corrected chi connectivity index (χ1v) is 7.29. The maximum absolute atomic E-state index is 13.2. The summed E-state index contributed by atoms with van der Waals surface area (Å²) in [5.41, 5.74) is 8.58. The number of nitrogens with one attached hydrogen (secondary N) is 1. The Kier molecular flexibility index (Phi) is 5.11.